The predicted molar refractivity (Wildman–Crippen MR) is 83.7 cm³/mol. The van der Waals surface area contributed by atoms with E-state index in [-0.39, 0.29) is 15.6 Å². The molecule has 1 aromatic carbocycles. The first-order valence-electron chi connectivity index (χ1n) is 6.04. The molecule has 0 aliphatic carbocycles. The van der Waals surface area contributed by atoms with Crippen LogP contribution in [0.15, 0.2) is 29.2 Å². The van der Waals surface area contributed by atoms with Crippen LogP contribution in [0, 0.1) is 6.92 Å². The third kappa shape index (κ3) is 2.80. The fourth-order valence-corrected chi connectivity index (χ4v) is 4.77. The minimum atomic E-state index is -4.56. The van der Waals surface area contributed by atoms with Crippen molar-refractivity contribution in [2.24, 2.45) is 5.73 Å². The first kappa shape index (κ1) is 17.3. The highest BCUT2D eigenvalue weighted by molar-refractivity contribution is 7.90. The number of nitrogens with two attached hydrogens (primary N) is 1. The topological polar surface area (TPSA) is 119 Å². The van der Waals surface area contributed by atoms with Gasteiger partial charge in [-0.15, -0.1) is 0 Å². The summed E-state index contributed by atoms with van der Waals surface area (Å²) in [6.45, 7) is 1.34. The molecule has 1 heterocycles. The van der Waals surface area contributed by atoms with Gasteiger partial charge in [-0.1, -0.05) is 29.3 Å². The SMILES string of the molecule is Cc1cc(C(N)=O)n(S(=O)(=O)c2c(Cl)cccc2Cl)c1C(=O)O. The van der Waals surface area contributed by atoms with E-state index in [0.29, 0.717) is 3.97 Å². The van der Waals surface area contributed by atoms with Gasteiger partial charge in [0.05, 0.1) is 10.0 Å². The molecule has 0 saturated carbocycles. The smallest absolute Gasteiger partial charge is 0.353 e. The lowest BCUT2D eigenvalue weighted by atomic mass is 10.2. The maximum Gasteiger partial charge on any atom is 0.353 e. The fourth-order valence-electron chi connectivity index (χ4n) is 2.11. The van der Waals surface area contributed by atoms with E-state index in [2.05, 4.69) is 0 Å². The number of nitrogens with zero attached hydrogens (tertiary/aromatic N) is 1. The largest absolute Gasteiger partial charge is 0.477 e. The second kappa shape index (κ2) is 5.88. The van der Waals surface area contributed by atoms with Crippen molar-refractivity contribution in [2.75, 3.05) is 0 Å². The Labute approximate surface area is 141 Å². The fraction of sp³-hybridized carbons (Fsp3) is 0.0769. The van der Waals surface area contributed by atoms with Crippen LogP contribution in [0.1, 0.15) is 26.5 Å². The maximum absolute atomic E-state index is 12.9. The van der Waals surface area contributed by atoms with E-state index in [1.807, 2.05) is 0 Å². The van der Waals surface area contributed by atoms with Crippen molar-refractivity contribution in [3.8, 4) is 0 Å². The van der Waals surface area contributed by atoms with E-state index in [0.717, 1.165) is 6.07 Å². The Bertz CT molecular complexity index is 914. The monoisotopic (exact) mass is 376 g/mol. The number of aromatic carboxylic acids is 1. The highest BCUT2D eigenvalue weighted by Crippen LogP contribution is 2.33. The van der Waals surface area contributed by atoms with Gasteiger partial charge in [0.2, 0.25) is 0 Å². The quantitative estimate of drug-likeness (QED) is 0.846. The molecular weight excluding hydrogens is 367 g/mol. The van der Waals surface area contributed by atoms with Gasteiger partial charge in [0.1, 0.15) is 16.3 Å². The molecule has 0 bridgehead atoms. The molecule has 0 unspecified atom stereocenters. The zero-order valence-electron chi connectivity index (χ0n) is 11.6. The van der Waals surface area contributed by atoms with E-state index in [1.165, 1.54) is 25.1 Å². The first-order chi connectivity index (χ1) is 10.6. The standard InChI is InChI=1S/C13H10Cl2N2O5S/c1-6-5-9(12(16)18)17(10(6)13(19)20)23(21,22)11-7(14)3-2-4-8(11)15/h2-5H,1H3,(H2,16,18)(H,19,20). The third-order valence-corrected chi connectivity index (χ3v) is 5.69. The maximum atomic E-state index is 12.9. The molecule has 10 heteroatoms. The van der Waals surface area contributed by atoms with Crippen LogP contribution in [0.5, 0.6) is 0 Å². The summed E-state index contributed by atoms with van der Waals surface area (Å²) in [5, 5.41) is 8.86. The lowest BCUT2D eigenvalue weighted by Gasteiger charge is -2.13. The van der Waals surface area contributed by atoms with Crippen molar-refractivity contribution >= 4 is 45.1 Å². The van der Waals surface area contributed by atoms with Crippen molar-refractivity contribution in [1.29, 1.82) is 0 Å². The Morgan fingerprint density at radius 1 is 1.22 bits per heavy atom. The van der Waals surface area contributed by atoms with E-state index >= 15 is 0 Å². The van der Waals surface area contributed by atoms with E-state index in [1.54, 1.807) is 0 Å². The van der Waals surface area contributed by atoms with Gasteiger partial charge in [-0.05, 0) is 30.7 Å². The molecule has 3 N–H and O–H groups in total. The number of halogens is 2. The number of rotatable bonds is 4. The second-order valence-electron chi connectivity index (χ2n) is 4.55. The number of carbonyl (C=O) groups excluding carboxylic acids is 1. The number of benzene rings is 1. The number of carbonyl (C=O) groups is 2. The lowest BCUT2D eigenvalue weighted by molar-refractivity contribution is 0.0688. The number of hydrogen-bond acceptors (Lipinski definition) is 4. The highest BCUT2D eigenvalue weighted by Gasteiger charge is 2.33. The van der Waals surface area contributed by atoms with Crippen molar-refractivity contribution < 1.29 is 23.1 Å². The average Bonchev–Trinajstić information content (AvgIpc) is 2.76. The Morgan fingerprint density at radius 2 is 1.74 bits per heavy atom. The van der Waals surface area contributed by atoms with Crippen LogP contribution in [0.2, 0.25) is 10.0 Å². The molecule has 2 aromatic rings. The highest BCUT2D eigenvalue weighted by atomic mass is 35.5. The molecule has 0 saturated heterocycles. The summed E-state index contributed by atoms with van der Waals surface area (Å²) in [6.07, 6.45) is 0. The van der Waals surface area contributed by atoms with Crippen LogP contribution in [-0.4, -0.2) is 29.4 Å². The molecule has 1 amide bonds. The Hall–Kier alpha value is -2.03. The molecular formula is C13H10Cl2N2O5S. The summed E-state index contributed by atoms with van der Waals surface area (Å²) in [4.78, 5) is 22.4. The molecule has 2 rings (SSSR count). The molecule has 0 aliphatic rings. The molecule has 0 atom stereocenters. The van der Waals surface area contributed by atoms with Gasteiger partial charge in [0.15, 0.2) is 0 Å². The summed E-state index contributed by atoms with van der Waals surface area (Å²) in [5.41, 5.74) is 4.10. The summed E-state index contributed by atoms with van der Waals surface area (Å²) in [6, 6.07) is 5.06. The van der Waals surface area contributed by atoms with E-state index < -0.39 is 38.2 Å². The van der Waals surface area contributed by atoms with Crippen LogP contribution in [0.4, 0.5) is 0 Å². The van der Waals surface area contributed by atoms with Gasteiger partial charge in [-0.3, -0.25) is 4.79 Å². The van der Waals surface area contributed by atoms with Gasteiger partial charge in [0, 0.05) is 0 Å². The van der Waals surface area contributed by atoms with Gasteiger partial charge in [-0.2, -0.15) is 0 Å². The first-order valence-corrected chi connectivity index (χ1v) is 8.23. The minimum absolute atomic E-state index is 0.0538. The Morgan fingerprint density at radius 3 is 2.17 bits per heavy atom. The zero-order chi connectivity index (χ0) is 17.5. The number of primary amides is 1. The number of carboxylic acids is 1. The van der Waals surface area contributed by atoms with Crippen LogP contribution in [0.25, 0.3) is 0 Å². The molecule has 0 spiro atoms. The van der Waals surface area contributed by atoms with Crippen LogP contribution < -0.4 is 5.73 Å². The van der Waals surface area contributed by atoms with Crippen LogP contribution in [0.3, 0.4) is 0 Å². The molecule has 0 radical (unpaired) electrons. The molecule has 122 valence electrons. The normalized spacial score (nSPS) is 11.4. The summed E-state index contributed by atoms with van der Waals surface area (Å²) >= 11 is 11.8. The number of hydrogen-bond donors (Lipinski definition) is 2. The van der Waals surface area contributed by atoms with E-state index in [4.69, 9.17) is 28.9 Å². The van der Waals surface area contributed by atoms with Gasteiger partial charge in [0.25, 0.3) is 15.9 Å². The van der Waals surface area contributed by atoms with Gasteiger partial charge >= 0.3 is 5.97 Å². The second-order valence-corrected chi connectivity index (χ2v) is 7.09. The summed E-state index contributed by atoms with van der Waals surface area (Å²) in [7, 11) is -4.56. The number of carboxylic acid groups (broad SMARTS) is 1. The predicted octanol–water partition coefficient (Wildman–Crippen LogP) is 2.14. The average molecular weight is 377 g/mol. The Kier molecular flexibility index (Phi) is 4.43. The van der Waals surface area contributed by atoms with E-state index in [9.17, 15) is 23.1 Å². The van der Waals surface area contributed by atoms with Crippen molar-refractivity contribution in [3.63, 3.8) is 0 Å². The molecule has 1 aromatic heterocycles. The molecule has 23 heavy (non-hydrogen) atoms. The molecule has 0 aliphatic heterocycles. The molecule has 0 fully saturated rings. The van der Waals surface area contributed by atoms with Crippen molar-refractivity contribution in [2.45, 2.75) is 11.8 Å². The molecule has 7 nitrogen and oxygen atoms in total. The van der Waals surface area contributed by atoms with Gasteiger partial charge < -0.3 is 10.8 Å². The lowest BCUT2D eigenvalue weighted by Crippen LogP contribution is -2.26. The van der Waals surface area contributed by atoms with Crippen molar-refractivity contribution in [1.82, 2.24) is 3.97 Å². The van der Waals surface area contributed by atoms with Crippen LogP contribution in [-0.2, 0) is 10.0 Å². The zero-order valence-corrected chi connectivity index (χ0v) is 13.9. The third-order valence-electron chi connectivity index (χ3n) is 3.02. The number of amides is 1. The number of aryl methyl sites for hydroxylation is 1. The Balaban J connectivity index is 2.95. The van der Waals surface area contributed by atoms with Crippen molar-refractivity contribution in [3.05, 3.63) is 51.3 Å². The summed E-state index contributed by atoms with van der Waals surface area (Å²) < 4.78 is 26.1. The van der Waals surface area contributed by atoms with Crippen LogP contribution >= 0.6 is 23.2 Å². The summed E-state index contributed by atoms with van der Waals surface area (Å²) in [5.74, 6) is -2.64. The van der Waals surface area contributed by atoms with Gasteiger partial charge in [-0.25, -0.2) is 17.2 Å². The number of aromatic nitrogens is 1. The minimum Gasteiger partial charge on any atom is -0.477 e.